The zero-order chi connectivity index (χ0) is 13.1. The lowest BCUT2D eigenvalue weighted by Crippen LogP contribution is -2.47. The number of aryl methyl sites for hydroxylation is 1. The SMILES string of the molecule is CCOC(C)(CC)C(NN)c1c(Br)nnn1C. The van der Waals surface area contributed by atoms with Crippen molar-refractivity contribution in [3.05, 3.63) is 10.3 Å². The number of hydrogen-bond acceptors (Lipinski definition) is 5. The van der Waals surface area contributed by atoms with Gasteiger partial charge in [-0.3, -0.25) is 5.84 Å². The molecule has 1 aromatic heterocycles. The molecule has 0 saturated heterocycles. The van der Waals surface area contributed by atoms with Crippen LogP contribution in [-0.2, 0) is 11.8 Å². The molecule has 3 N–H and O–H groups in total. The number of nitrogens with one attached hydrogen (secondary N) is 1. The van der Waals surface area contributed by atoms with Crippen LogP contribution in [0, 0.1) is 0 Å². The van der Waals surface area contributed by atoms with E-state index in [2.05, 4.69) is 38.6 Å². The van der Waals surface area contributed by atoms with Gasteiger partial charge >= 0.3 is 0 Å². The lowest BCUT2D eigenvalue weighted by molar-refractivity contribution is -0.0583. The summed E-state index contributed by atoms with van der Waals surface area (Å²) < 4.78 is 8.21. The van der Waals surface area contributed by atoms with E-state index in [1.54, 1.807) is 4.68 Å². The summed E-state index contributed by atoms with van der Waals surface area (Å²) in [6.07, 6.45) is 0.827. The highest BCUT2D eigenvalue weighted by atomic mass is 79.9. The minimum absolute atomic E-state index is 0.179. The predicted octanol–water partition coefficient (Wildman–Crippen LogP) is 1.29. The van der Waals surface area contributed by atoms with E-state index in [0.717, 1.165) is 12.1 Å². The largest absolute Gasteiger partial charge is 0.373 e. The Bertz CT molecular complexity index is 350. The Labute approximate surface area is 110 Å². The zero-order valence-corrected chi connectivity index (χ0v) is 12.3. The molecule has 0 aliphatic carbocycles. The van der Waals surface area contributed by atoms with Gasteiger partial charge < -0.3 is 4.74 Å². The van der Waals surface area contributed by atoms with Gasteiger partial charge in [-0.05, 0) is 36.2 Å². The highest BCUT2D eigenvalue weighted by molar-refractivity contribution is 9.10. The summed E-state index contributed by atoms with van der Waals surface area (Å²) in [5, 5.41) is 7.93. The van der Waals surface area contributed by atoms with Crippen molar-refractivity contribution in [2.24, 2.45) is 12.9 Å². The molecule has 0 bridgehead atoms. The summed E-state index contributed by atoms with van der Waals surface area (Å²) in [6, 6.07) is -0.179. The van der Waals surface area contributed by atoms with E-state index in [0.29, 0.717) is 11.2 Å². The topological polar surface area (TPSA) is 78.0 Å². The normalized spacial score (nSPS) is 16.8. The maximum Gasteiger partial charge on any atom is 0.153 e. The van der Waals surface area contributed by atoms with Gasteiger partial charge in [-0.15, -0.1) is 5.10 Å². The molecule has 0 aromatic carbocycles. The molecule has 2 unspecified atom stereocenters. The average Bonchev–Trinajstić information content (AvgIpc) is 2.62. The van der Waals surface area contributed by atoms with Crippen LogP contribution in [0.15, 0.2) is 4.60 Å². The van der Waals surface area contributed by atoms with Crippen molar-refractivity contribution in [1.29, 1.82) is 0 Å². The molecule has 17 heavy (non-hydrogen) atoms. The van der Waals surface area contributed by atoms with Crippen LogP contribution >= 0.6 is 15.9 Å². The highest BCUT2D eigenvalue weighted by Gasteiger charge is 2.37. The van der Waals surface area contributed by atoms with Crippen molar-refractivity contribution in [1.82, 2.24) is 20.4 Å². The third-order valence-corrected chi connectivity index (χ3v) is 3.62. The number of hydrazine groups is 1. The summed E-state index contributed by atoms with van der Waals surface area (Å²) in [6.45, 7) is 6.70. The quantitative estimate of drug-likeness (QED) is 0.611. The second-order valence-corrected chi connectivity index (χ2v) is 4.84. The fraction of sp³-hybridized carbons (Fsp3) is 0.800. The fourth-order valence-electron chi connectivity index (χ4n) is 1.91. The molecule has 0 spiro atoms. The fourth-order valence-corrected chi connectivity index (χ4v) is 2.47. The molecular formula is C10H20BrN5O. The first-order chi connectivity index (χ1) is 8.00. The van der Waals surface area contributed by atoms with Crippen molar-refractivity contribution in [2.45, 2.75) is 38.8 Å². The summed E-state index contributed by atoms with van der Waals surface area (Å²) in [5.74, 6) is 5.67. The monoisotopic (exact) mass is 305 g/mol. The average molecular weight is 306 g/mol. The minimum atomic E-state index is -0.401. The van der Waals surface area contributed by atoms with Crippen LogP contribution in [0.3, 0.4) is 0 Å². The second-order valence-electron chi connectivity index (χ2n) is 4.09. The molecule has 0 aliphatic heterocycles. The summed E-state index contributed by atoms with van der Waals surface area (Å²) in [7, 11) is 1.83. The molecule has 98 valence electrons. The Morgan fingerprint density at radius 2 is 2.24 bits per heavy atom. The molecule has 1 rings (SSSR count). The predicted molar refractivity (Wildman–Crippen MR) is 69.1 cm³/mol. The van der Waals surface area contributed by atoms with Gasteiger partial charge in [0, 0.05) is 13.7 Å². The van der Waals surface area contributed by atoms with Gasteiger partial charge in [-0.2, -0.15) is 0 Å². The molecule has 0 fully saturated rings. The number of nitrogens with zero attached hydrogens (tertiary/aromatic N) is 3. The van der Waals surface area contributed by atoms with Gasteiger partial charge in [-0.1, -0.05) is 12.1 Å². The first-order valence-electron chi connectivity index (χ1n) is 5.65. The van der Waals surface area contributed by atoms with Crippen molar-refractivity contribution in [3.8, 4) is 0 Å². The molecule has 2 atom stereocenters. The third kappa shape index (κ3) is 2.85. The smallest absolute Gasteiger partial charge is 0.153 e. The van der Waals surface area contributed by atoms with E-state index in [9.17, 15) is 0 Å². The Kier molecular flexibility index (Phi) is 5.05. The molecule has 1 aromatic rings. The Morgan fingerprint density at radius 3 is 2.59 bits per heavy atom. The number of rotatable bonds is 6. The molecule has 1 heterocycles. The lowest BCUT2D eigenvalue weighted by atomic mass is 9.91. The van der Waals surface area contributed by atoms with Crippen LogP contribution < -0.4 is 11.3 Å². The van der Waals surface area contributed by atoms with E-state index in [-0.39, 0.29) is 6.04 Å². The minimum Gasteiger partial charge on any atom is -0.373 e. The lowest BCUT2D eigenvalue weighted by Gasteiger charge is -2.36. The van der Waals surface area contributed by atoms with Crippen LogP contribution in [0.2, 0.25) is 0 Å². The molecule has 0 amide bonds. The van der Waals surface area contributed by atoms with Crippen molar-refractivity contribution >= 4 is 15.9 Å². The van der Waals surface area contributed by atoms with Crippen molar-refractivity contribution in [2.75, 3.05) is 6.61 Å². The molecular weight excluding hydrogens is 286 g/mol. The number of ether oxygens (including phenoxy) is 1. The molecule has 0 radical (unpaired) electrons. The first kappa shape index (κ1) is 14.6. The Balaban J connectivity index is 3.14. The van der Waals surface area contributed by atoms with Crippen molar-refractivity contribution in [3.63, 3.8) is 0 Å². The zero-order valence-electron chi connectivity index (χ0n) is 10.7. The van der Waals surface area contributed by atoms with E-state index >= 15 is 0 Å². The first-order valence-corrected chi connectivity index (χ1v) is 6.44. The molecule has 7 heteroatoms. The molecule has 0 saturated carbocycles. The van der Waals surface area contributed by atoms with Crippen LogP contribution in [0.4, 0.5) is 0 Å². The van der Waals surface area contributed by atoms with Gasteiger partial charge in [0.1, 0.15) is 0 Å². The number of halogens is 1. The highest BCUT2D eigenvalue weighted by Crippen LogP contribution is 2.34. The maximum absolute atomic E-state index is 5.83. The van der Waals surface area contributed by atoms with Gasteiger partial charge in [0.25, 0.3) is 0 Å². The van der Waals surface area contributed by atoms with Gasteiger partial charge in [0.2, 0.25) is 0 Å². The number of nitrogens with two attached hydrogens (primary N) is 1. The second kappa shape index (κ2) is 5.90. The third-order valence-electron chi connectivity index (χ3n) is 3.05. The standard InChI is InChI=1S/C10H20BrN5O/c1-5-10(3,17-6-2)8(13-12)7-9(11)14-15-16(7)4/h8,13H,5-6,12H2,1-4H3. The van der Waals surface area contributed by atoms with E-state index in [4.69, 9.17) is 10.6 Å². The van der Waals surface area contributed by atoms with E-state index < -0.39 is 5.60 Å². The van der Waals surface area contributed by atoms with Crippen LogP contribution in [0.1, 0.15) is 38.9 Å². The summed E-state index contributed by atoms with van der Waals surface area (Å²) in [4.78, 5) is 0. The summed E-state index contributed by atoms with van der Waals surface area (Å²) in [5.41, 5.74) is 3.29. The van der Waals surface area contributed by atoms with Crippen LogP contribution in [0.25, 0.3) is 0 Å². The van der Waals surface area contributed by atoms with Crippen LogP contribution in [-0.4, -0.2) is 27.2 Å². The Morgan fingerprint density at radius 1 is 1.59 bits per heavy atom. The number of hydrogen-bond donors (Lipinski definition) is 2. The van der Waals surface area contributed by atoms with Crippen molar-refractivity contribution < 1.29 is 4.74 Å². The number of aromatic nitrogens is 3. The van der Waals surface area contributed by atoms with E-state index in [1.165, 1.54) is 0 Å². The molecule has 0 aliphatic rings. The maximum atomic E-state index is 5.83. The van der Waals surface area contributed by atoms with E-state index in [1.807, 2.05) is 20.9 Å². The van der Waals surface area contributed by atoms with Crippen LogP contribution in [0.5, 0.6) is 0 Å². The molecule has 6 nitrogen and oxygen atoms in total. The van der Waals surface area contributed by atoms with Gasteiger partial charge in [-0.25, -0.2) is 10.1 Å². The van der Waals surface area contributed by atoms with Gasteiger partial charge in [0.05, 0.1) is 17.3 Å². The Hall–Kier alpha value is -0.500. The van der Waals surface area contributed by atoms with Gasteiger partial charge in [0.15, 0.2) is 4.60 Å². The summed E-state index contributed by atoms with van der Waals surface area (Å²) >= 11 is 3.39.